The summed E-state index contributed by atoms with van der Waals surface area (Å²) in [6.07, 6.45) is 6.15. The Kier molecular flexibility index (Phi) is 8.01. The molecule has 118 valence electrons. The van der Waals surface area contributed by atoms with E-state index in [1.807, 2.05) is 12.1 Å². The van der Waals surface area contributed by atoms with E-state index in [2.05, 4.69) is 38.2 Å². The molecule has 0 heterocycles. The molecule has 0 amide bonds. The summed E-state index contributed by atoms with van der Waals surface area (Å²) in [5.41, 5.74) is 1.26. The molecule has 2 N–H and O–H groups in total. The molecule has 0 spiro atoms. The molecule has 0 fully saturated rings. The molecule has 1 rings (SSSR count). The van der Waals surface area contributed by atoms with E-state index < -0.39 is 0 Å². The second-order valence-electron chi connectivity index (χ2n) is 6.30. The Labute approximate surface area is 132 Å². The third kappa shape index (κ3) is 8.91. The lowest BCUT2D eigenvalue weighted by atomic mass is 9.94. The molecule has 1 aromatic rings. The summed E-state index contributed by atoms with van der Waals surface area (Å²) >= 11 is 0.877. The second-order valence-corrected chi connectivity index (χ2v) is 6.97. The van der Waals surface area contributed by atoms with Crippen molar-refractivity contribution in [3.63, 3.8) is 0 Å². The summed E-state index contributed by atoms with van der Waals surface area (Å²) in [7, 11) is 0. The minimum atomic E-state index is -0.200. The lowest BCUT2D eigenvalue weighted by Gasteiger charge is -2.18. The number of allylic oxidation sites excluding steroid dienone is 1. The van der Waals surface area contributed by atoms with Gasteiger partial charge in [0.1, 0.15) is 5.82 Å². The van der Waals surface area contributed by atoms with E-state index >= 15 is 0 Å². The molecule has 0 saturated carbocycles. The Hall–Kier alpha value is -0.840. The Morgan fingerprint density at radius 1 is 1.29 bits per heavy atom. The van der Waals surface area contributed by atoms with Crippen molar-refractivity contribution in [1.29, 1.82) is 0 Å². The zero-order valence-corrected chi connectivity index (χ0v) is 13.9. The maximum absolute atomic E-state index is 13.0. The van der Waals surface area contributed by atoms with Gasteiger partial charge in [0.25, 0.3) is 0 Å². The first kappa shape index (κ1) is 18.2. The summed E-state index contributed by atoms with van der Waals surface area (Å²) in [5.74, 6) is 0.535. The molecule has 21 heavy (non-hydrogen) atoms. The SMILES string of the molecule is CC(C)(C)/C=C/C(Cc1ccc(F)cc1)NCCCSO. The first-order chi connectivity index (χ1) is 9.90. The highest BCUT2D eigenvalue weighted by Gasteiger charge is 2.09. The van der Waals surface area contributed by atoms with Crippen molar-refractivity contribution in [2.24, 2.45) is 5.41 Å². The fourth-order valence-electron chi connectivity index (χ4n) is 1.91. The van der Waals surface area contributed by atoms with E-state index in [0.717, 1.165) is 42.7 Å². The summed E-state index contributed by atoms with van der Waals surface area (Å²) in [5, 5.41) is 3.49. The lowest BCUT2D eigenvalue weighted by Crippen LogP contribution is -2.30. The monoisotopic (exact) mass is 311 g/mol. The van der Waals surface area contributed by atoms with Crippen LogP contribution in [-0.2, 0) is 6.42 Å². The first-order valence-corrected chi connectivity index (χ1v) is 8.28. The van der Waals surface area contributed by atoms with Gasteiger partial charge in [0.2, 0.25) is 0 Å². The highest BCUT2D eigenvalue weighted by Crippen LogP contribution is 2.16. The van der Waals surface area contributed by atoms with Gasteiger partial charge in [-0.15, -0.1) is 0 Å². The van der Waals surface area contributed by atoms with Crippen LogP contribution in [0.2, 0.25) is 0 Å². The van der Waals surface area contributed by atoms with Crippen LogP contribution in [0, 0.1) is 11.2 Å². The van der Waals surface area contributed by atoms with Crippen LogP contribution in [0.15, 0.2) is 36.4 Å². The zero-order chi connectivity index (χ0) is 15.7. The Balaban J connectivity index is 2.62. The van der Waals surface area contributed by atoms with Crippen LogP contribution < -0.4 is 5.32 Å². The first-order valence-electron chi connectivity index (χ1n) is 7.34. The highest BCUT2D eigenvalue weighted by atomic mass is 32.2. The van der Waals surface area contributed by atoms with E-state index in [4.69, 9.17) is 4.55 Å². The van der Waals surface area contributed by atoms with Gasteiger partial charge in [0, 0.05) is 11.8 Å². The molecule has 0 aliphatic carbocycles. The molecule has 0 aliphatic heterocycles. The minimum Gasteiger partial charge on any atom is -0.330 e. The lowest BCUT2D eigenvalue weighted by molar-refractivity contribution is 0.527. The van der Waals surface area contributed by atoms with Gasteiger partial charge in [-0.3, -0.25) is 0 Å². The van der Waals surface area contributed by atoms with Crippen molar-refractivity contribution in [2.45, 2.75) is 39.7 Å². The van der Waals surface area contributed by atoms with E-state index in [-0.39, 0.29) is 17.3 Å². The molecule has 0 bridgehead atoms. The van der Waals surface area contributed by atoms with Crippen molar-refractivity contribution < 1.29 is 8.94 Å². The number of hydrogen-bond acceptors (Lipinski definition) is 3. The molecule has 4 heteroatoms. The van der Waals surface area contributed by atoms with Crippen molar-refractivity contribution >= 4 is 12.0 Å². The third-order valence-electron chi connectivity index (χ3n) is 3.02. The molecule has 1 unspecified atom stereocenters. The average molecular weight is 311 g/mol. The van der Waals surface area contributed by atoms with Gasteiger partial charge in [-0.05, 0) is 54.5 Å². The van der Waals surface area contributed by atoms with Gasteiger partial charge in [0.15, 0.2) is 0 Å². The maximum Gasteiger partial charge on any atom is 0.123 e. The van der Waals surface area contributed by atoms with Gasteiger partial charge >= 0.3 is 0 Å². The summed E-state index contributed by atoms with van der Waals surface area (Å²) < 4.78 is 21.7. The number of halogens is 1. The molecule has 2 nitrogen and oxygen atoms in total. The summed E-state index contributed by atoms with van der Waals surface area (Å²) in [6.45, 7) is 7.36. The second kappa shape index (κ2) is 9.23. The fourth-order valence-corrected chi connectivity index (χ4v) is 2.19. The third-order valence-corrected chi connectivity index (χ3v) is 3.49. The molecule has 1 atom stereocenters. The van der Waals surface area contributed by atoms with Gasteiger partial charge < -0.3 is 9.87 Å². The molecule has 0 aromatic heterocycles. The largest absolute Gasteiger partial charge is 0.330 e. The number of hydrogen-bond donors (Lipinski definition) is 2. The van der Waals surface area contributed by atoms with Crippen LogP contribution in [0.4, 0.5) is 4.39 Å². The predicted molar refractivity (Wildman–Crippen MR) is 90.2 cm³/mol. The maximum atomic E-state index is 13.0. The minimum absolute atomic E-state index is 0.143. The van der Waals surface area contributed by atoms with Crippen LogP contribution in [-0.4, -0.2) is 22.9 Å². The summed E-state index contributed by atoms with van der Waals surface area (Å²) in [4.78, 5) is 0. The standard InChI is InChI=1S/C17H26FNOS/c1-17(2,3)10-9-16(19-11-4-12-21-20)13-14-5-7-15(18)8-6-14/h5-10,16,19-20H,4,11-13H2,1-3H3/b10-9+. The van der Waals surface area contributed by atoms with Gasteiger partial charge in [-0.2, -0.15) is 0 Å². The fraction of sp³-hybridized carbons (Fsp3) is 0.529. The normalized spacial score (nSPS) is 13.8. The van der Waals surface area contributed by atoms with E-state index in [9.17, 15) is 4.39 Å². The molecule has 0 aliphatic rings. The van der Waals surface area contributed by atoms with E-state index in [1.165, 1.54) is 12.1 Å². The zero-order valence-electron chi connectivity index (χ0n) is 13.1. The number of nitrogens with one attached hydrogen (secondary N) is 1. The van der Waals surface area contributed by atoms with Crippen molar-refractivity contribution in [2.75, 3.05) is 12.3 Å². The van der Waals surface area contributed by atoms with Crippen molar-refractivity contribution in [3.05, 3.63) is 47.8 Å². The molecule has 0 saturated heterocycles. The van der Waals surface area contributed by atoms with Crippen LogP contribution in [0.1, 0.15) is 32.8 Å². The average Bonchev–Trinajstić information content (AvgIpc) is 2.42. The molecule has 1 aromatic carbocycles. The molecular formula is C17H26FNOS. The van der Waals surface area contributed by atoms with E-state index in [1.54, 1.807) is 0 Å². The predicted octanol–water partition coefficient (Wildman–Crippen LogP) is 4.53. The van der Waals surface area contributed by atoms with Crippen LogP contribution in [0.5, 0.6) is 0 Å². The summed E-state index contributed by atoms with van der Waals surface area (Å²) in [6, 6.07) is 6.89. The number of rotatable bonds is 8. The van der Waals surface area contributed by atoms with Crippen LogP contribution >= 0.6 is 12.0 Å². The molecular weight excluding hydrogens is 285 g/mol. The quantitative estimate of drug-likeness (QED) is 0.420. The number of benzene rings is 1. The van der Waals surface area contributed by atoms with Gasteiger partial charge in [0.05, 0.1) is 0 Å². The van der Waals surface area contributed by atoms with Gasteiger partial charge in [-0.25, -0.2) is 4.39 Å². The Morgan fingerprint density at radius 2 is 1.95 bits per heavy atom. The van der Waals surface area contributed by atoms with Crippen LogP contribution in [0.3, 0.4) is 0 Å². The topological polar surface area (TPSA) is 32.3 Å². The van der Waals surface area contributed by atoms with Gasteiger partial charge in [-0.1, -0.05) is 45.1 Å². The highest BCUT2D eigenvalue weighted by molar-refractivity contribution is 7.93. The van der Waals surface area contributed by atoms with Crippen molar-refractivity contribution in [1.82, 2.24) is 5.32 Å². The Bertz CT molecular complexity index is 425. The Morgan fingerprint density at radius 3 is 2.52 bits per heavy atom. The van der Waals surface area contributed by atoms with Crippen molar-refractivity contribution in [3.8, 4) is 0 Å². The smallest absolute Gasteiger partial charge is 0.123 e. The van der Waals surface area contributed by atoms with E-state index in [0.29, 0.717) is 0 Å². The van der Waals surface area contributed by atoms with Crippen LogP contribution in [0.25, 0.3) is 0 Å². The molecule has 0 radical (unpaired) electrons.